The molecule has 0 aliphatic rings. The minimum Gasteiger partial charge on any atom is -0.496 e. The summed E-state index contributed by atoms with van der Waals surface area (Å²) in [6.45, 7) is 8.40. The summed E-state index contributed by atoms with van der Waals surface area (Å²) < 4.78 is 18.1. The van der Waals surface area contributed by atoms with Crippen LogP contribution in [-0.2, 0) is 5.41 Å². The van der Waals surface area contributed by atoms with Crippen LogP contribution >= 0.6 is 11.3 Å². The molecule has 0 saturated heterocycles. The Bertz CT molecular complexity index is 1240. The highest BCUT2D eigenvalue weighted by molar-refractivity contribution is 7.21. The number of hydrogen-bond donors (Lipinski definition) is 2. The zero-order valence-electron chi connectivity index (χ0n) is 18.3. The van der Waals surface area contributed by atoms with Gasteiger partial charge in [0.15, 0.2) is 5.75 Å². The Morgan fingerprint density at radius 1 is 1.16 bits per heavy atom. The second kappa shape index (κ2) is 8.46. The maximum absolute atomic E-state index is 12.4. The van der Waals surface area contributed by atoms with Crippen molar-refractivity contribution in [2.45, 2.75) is 33.1 Å². The quantitative estimate of drug-likeness (QED) is 0.414. The number of aromatic amines is 1. The lowest BCUT2D eigenvalue weighted by molar-refractivity contribution is 0.215. The van der Waals surface area contributed by atoms with Gasteiger partial charge < -0.3 is 14.2 Å². The maximum Gasteiger partial charge on any atom is 0.420 e. The van der Waals surface area contributed by atoms with E-state index in [0.29, 0.717) is 22.3 Å². The first-order valence-corrected chi connectivity index (χ1v) is 10.7. The minimum absolute atomic E-state index is 0.00821. The van der Waals surface area contributed by atoms with Crippen LogP contribution in [0.15, 0.2) is 36.4 Å². The molecule has 9 nitrogen and oxygen atoms in total. The first-order chi connectivity index (χ1) is 15.2. The molecule has 0 unspecified atom stereocenters. The number of carbonyl (C=O) groups is 1. The van der Waals surface area contributed by atoms with Gasteiger partial charge in [0.25, 0.3) is 5.95 Å². The average molecular weight is 454 g/mol. The second-order valence-corrected chi connectivity index (χ2v) is 9.18. The molecule has 0 spiro atoms. The molecule has 1 amide bonds. The van der Waals surface area contributed by atoms with Crippen molar-refractivity contribution in [3.8, 4) is 22.3 Å². The lowest BCUT2D eigenvalue weighted by Gasteiger charge is -2.19. The fourth-order valence-corrected chi connectivity index (χ4v) is 4.18. The van der Waals surface area contributed by atoms with E-state index in [0.717, 1.165) is 15.6 Å². The van der Waals surface area contributed by atoms with Gasteiger partial charge in [0.05, 0.1) is 7.11 Å². The summed E-state index contributed by atoms with van der Waals surface area (Å²) in [5.41, 5.74) is 2.18. The number of amides is 1. The zero-order valence-corrected chi connectivity index (χ0v) is 19.2. The van der Waals surface area contributed by atoms with Gasteiger partial charge >= 0.3 is 6.09 Å². The minimum atomic E-state index is -0.755. The molecule has 166 valence electrons. The Labute approximate surface area is 188 Å². The lowest BCUT2D eigenvalue weighted by Crippen LogP contribution is -2.17. The molecule has 0 radical (unpaired) electrons. The number of tetrazole rings is 1. The van der Waals surface area contributed by atoms with Crippen LogP contribution in [0.3, 0.4) is 0 Å². The number of nitrogens with one attached hydrogen (secondary N) is 2. The molecule has 4 rings (SSSR count). The summed E-state index contributed by atoms with van der Waals surface area (Å²) in [5.74, 6) is 1.77. The van der Waals surface area contributed by atoms with Crippen LogP contribution in [0, 0.1) is 6.92 Å². The van der Waals surface area contributed by atoms with E-state index in [2.05, 4.69) is 46.7 Å². The van der Waals surface area contributed by atoms with Gasteiger partial charge in [-0.3, -0.25) is 5.32 Å². The number of fused-ring (bicyclic) bond motifs is 1. The predicted octanol–water partition coefficient (Wildman–Crippen LogP) is 5.43. The van der Waals surface area contributed by atoms with Crippen molar-refractivity contribution in [1.82, 2.24) is 20.6 Å². The molecule has 2 aromatic carbocycles. The third-order valence-corrected chi connectivity index (χ3v) is 5.83. The van der Waals surface area contributed by atoms with E-state index in [9.17, 15) is 4.79 Å². The van der Waals surface area contributed by atoms with Crippen molar-refractivity contribution in [3.05, 3.63) is 47.5 Å². The van der Waals surface area contributed by atoms with Gasteiger partial charge in [-0.1, -0.05) is 49.3 Å². The number of anilines is 1. The van der Waals surface area contributed by atoms with Gasteiger partial charge in [-0.25, -0.2) is 4.79 Å². The Morgan fingerprint density at radius 2 is 1.91 bits per heavy atom. The lowest BCUT2D eigenvalue weighted by atomic mass is 9.87. The number of hydrogen-bond acceptors (Lipinski definition) is 8. The highest BCUT2D eigenvalue weighted by Gasteiger charge is 2.22. The van der Waals surface area contributed by atoms with Crippen LogP contribution < -0.4 is 19.5 Å². The summed E-state index contributed by atoms with van der Waals surface area (Å²) in [5, 5.41) is 16.5. The van der Waals surface area contributed by atoms with Crippen LogP contribution in [0.25, 0.3) is 10.1 Å². The molecule has 2 aromatic heterocycles. The molecule has 10 heteroatoms. The summed E-state index contributed by atoms with van der Waals surface area (Å²) in [4.78, 5) is 12.4. The van der Waals surface area contributed by atoms with Crippen molar-refractivity contribution >= 4 is 33.5 Å². The molecule has 32 heavy (non-hydrogen) atoms. The second-order valence-electron chi connectivity index (χ2n) is 8.16. The number of carbonyl (C=O) groups excluding carboxylic acids is 1. The third kappa shape index (κ3) is 4.50. The van der Waals surface area contributed by atoms with Crippen LogP contribution in [0.1, 0.15) is 31.9 Å². The summed E-state index contributed by atoms with van der Waals surface area (Å²) in [6.07, 6.45) is -0.755. The van der Waals surface area contributed by atoms with Crippen LogP contribution in [0.4, 0.5) is 10.7 Å². The zero-order chi connectivity index (χ0) is 22.9. The van der Waals surface area contributed by atoms with Crippen molar-refractivity contribution < 1.29 is 19.0 Å². The summed E-state index contributed by atoms with van der Waals surface area (Å²) >= 11 is 1.30. The van der Waals surface area contributed by atoms with E-state index >= 15 is 0 Å². The first-order valence-electron chi connectivity index (χ1n) is 9.86. The first kappa shape index (κ1) is 21.6. The number of ether oxygens (including phenoxy) is 3. The SMILES string of the molecule is COc1cc2c(Oc3ccc(C(C)(C)C)cc3)c(OC(=O)Nc3nn[nH]n3)sc2cc1C. The normalized spacial score (nSPS) is 11.4. The summed E-state index contributed by atoms with van der Waals surface area (Å²) in [7, 11) is 1.61. The largest absolute Gasteiger partial charge is 0.496 e. The van der Waals surface area contributed by atoms with Crippen molar-refractivity contribution in [3.63, 3.8) is 0 Å². The number of aryl methyl sites for hydroxylation is 1. The van der Waals surface area contributed by atoms with Gasteiger partial charge in [-0.2, -0.15) is 5.21 Å². The van der Waals surface area contributed by atoms with E-state index in [-0.39, 0.29) is 11.4 Å². The topological polar surface area (TPSA) is 111 Å². The number of H-pyrrole nitrogens is 1. The summed E-state index contributed by atoms with van der Waals surface area (Å²) in [6, 6.07) is 11.7. The Hall–Kier alpha value is -3.66. The van der Waals surface area contributed by atoms with Crippen molar-refractivity contribution in [1.29, 1.82) is 0 Å². The standard InChI is InChI=1S/C22H23N5O4S/c1-12-10-17-15(11-16(12)29-5)18(30-14-8-6-13(7-9-14)22(2,3)4)19(32-17)31-21(28)23-20-24-26-27-25-20/h6-11H,1-5H3,(H2,23,24,25,26,27,28). The number of aromatic nitrogens is 4. The Balaban J connectivity index is 1.70. The molecular formula is C22H23N5O4S. The average Bonchev–Trinajstić information content (AvgIpc) is 3.35. The number of thiophene rings is 1. The Morgan fingerprint density at radius 3 is 2.53 bits per heavy atom. The van der Waals surface area contributed by atoms with Crippen molar-refractivity contribution in [2.24, 2.45) is 0 Å². The highest BCUT2D eigenvalue weighted by atomic mass is 32.1. The number of methoxy groups -OCH3 is 1. The molecule has 0 aliphatic heterocycles. The molecule has 0 aliphatic carbocycles. The van der Waals surface area contributed by atoms with Gasteiger partial charge in [0, 0.05) is 10.1 Å². The maximum atomic E-state index is 12.4. The predicted molar refractivity (Wildman–Crippen MR) is 122 cm³/mol. The van der Waals surface area contributed by atoms with Gasteiger partial charge in [-0.05, 0) is 52.9 Å². The van der Waals surface area contributed by atoms with E-state index in [1.54, 1.807) is 7.11 Å². The fourth-order valence-electron chi connectivity index (χ4n) is 3.12. The number of benzene rings is 2. The molecule has 2 heterocycles. The molecular weight excluding hydrogens is 430 g/mol. The smallest absolute Gasteiger partial charge is 0.420 e. The van der Waals surface area contributed by atoms with Crippen LogP contribution in [-0.4, -0.2) is 33.8 Å². The highest BCUT2D eigenvalue weighted by Crippen LogP contribution is 2.48. The number of nitrogens with zero attached hydrogens (tertiary/aromatic N) is 3. The van der Waals surface area contributed by atoms with E-state index in [1.165, 1.54) is 16.9 Å². The van der Waals surface area contributed by atoms with Crippen molar-refractivity contribution in [2.75, 3.05) is 12.4 Å². The van der Waals surface area contributed by atoms with Gasteiger partial charge in [-0.15, -0.1) is 5.10 Å². The number of rotatable bonds is 5. The molecule has 0 atom stereocenters. The molecule has 4 aromatic rings. The Kier molecular flexibility index (Phi) is 5.70. The monoisotopic (exact) mass is 453 g/mol. The van der Waals surface area contributed by atoms with E-state index < -0.39 is 6.09 Å². The van der Waals surface area contributed by atoms with Crippen LogP contribution in [0.5, 0.6) is 22.3 Å². The third-order valence-electron chi connectivity index (χ3n) is 4.81. The van der Waals surface area contributed by atoms with E-state index in [4.69, 9.17) is 14.2 Å². The van der Waals surface area contributed by atoms with Crippen LogP contribution in [0.2, 0.25) is 0 Å². The van der Waals surface area contributed by atoms with Gasteiger partial charge in [0.1, 0.15) is 11.5 Å². The van der Waals surface area contributed by atoms with Gasteiger partial charge in [0.2, 0.25) is 5.06 Å². The molecule has 0 bridgehead atoms. The molecule has 0 fully saturated rings. The van der Waals surface area contributed by atoms with E-state index in [1.807, 2.05) is 43.3 Å². The molecule has 2 N–H and O–H groups in total. The molecule has 0 saturated carbocycles. The fraction of sp³-hybridized carbons (Fsp3) is 0.273.